The van der Waals surface area contributed by atoms with Crippen molar-refractivity contribution < 1.29 is 14.3 Å². The topological polar surface area (TPSA) is 94.8 Å². The highest BCUT2D eigenvalue weighted by Crippen LogP contribution is 2.28. The van der Waals surface area contributed by atoms with E-state index < -0.39 is 0 Å². The lowest BCUT2D eigenvalue weighted by Crippen LogP contribution is -2.21. The van der Waals surface area contributed by atoms with Crippen LogP contribution in [0.4, 0.5) is 11.4 Å². The summed E-state index contributed by atoms with van der Waals surface area (Å²) in [5, 5.41) is 17.5. The van der Waals surface area contributed by atoms with Gasteiger partial charge in [-0.15, -0.1) is 0 Å². The number of para-hydroxylation sites is 1. The van der Waals surface area contributed by atoms with Gasteiger partial charge in [-0.05, 0) is 68.0 Å². The molecule has 34 heavy (non-hydrogen) atoms. The Bertz CT molecular complexity index is 1350. The van der Waals surface area contributed by atoms with Gasteiger partial charge in [0.2, 0.25) is 0 Å². The van der Waals surface area contributed by atoms with Crippen molar-refractivity contribution in [2.75, 3.05) is 16.9 Å². The number of nitrogens with one attached hydrogen (secondary N) is 1. The lowest BCUT2D eigenvalue weighted by molar-refractivity contribution is -0.118. The minimum absolute atomic E-state index is 0.174. The standard InChI is InChI=1S/C27H22N4O3/c1-18-6-5-8-22(14-18)29-26(32)17-34-25-9-4-3-7-21(25)15-24-19(2)30-31(27(24)33)23-12-10-20(16-28)11-13-23/h3-15H,17H2,1-2H3,(H,29,32)/b24-15-. The zero-order chi connectivity index (χ0) is 24.1. The molecule has 0 bridgehead atoms. The van der Waals surface area contributed by atoms with Gasteiger partial charge in [-0.1, -0.05) is 30.3 Å². The predicted molar refractivity (Wildman–Crippen MR) is 131 cm³/mol. The summed E-state index contributed by atoms with van der Waals surface area (Å²) >= 11 is 0. The number of amides is 2. The van der Waals surface area contributed by atoms with Crippen molar-refractivity contribution in [3.63, 3.8) is 0 Å². The second-order valence-corrected chi connectivity index (χ2v) is 7.76. The summed E-state index contributed by atoms with van der Waals surface area (Å²) in [5.41, 5.74) is 4.46. The molecule has 7 nitrogen and oxygen atoms in total. The van der Waals surface area contributed by atoms with Crippen LogP contribution in [0.2, 0.25) is 0 Å². The monoisotopic (exact) mass is 450 g/mol. The molecule has 168 valence electrons. The van der Waals surface area contributed by atoms with Gasteiger partial charge in [-0.3, -0.25) is 9.59 Å². The molecule has 0 unspecified atom stereocenters. The molecule has 0 radical (unpaired) electrons. The van der Waals surface area contributed by atoms with Gasteiger partial charge in [-0.2, -0.15) is 15.4 Å². The minimum Gasteiger partial charge on any atom is -0.483 e. The molecule has 2 amide bonds. The van der Waals surface area contributed by atoms with Crippen LogP contribution in [0.3, 0.4) is 0 Å². The van der Waals surface area contributed by atoms with Crippen LogP contribution in [0.5, 0.6) is 5.75 Å². The smallest absolute Gasteiger partial charge is 0.280 e. The molecule has 3 aromatic carbocycles. The fourth-order valence-electron chi connectivity index (χ4n) is 3.49. The lowest BCUT2D eigenvalue weighted by Gasteiger charge is -2.12. The molecule has 0 atom stereocenters. The number of ether oxygens (including phenoxy) is 1. The molecule has 0 saturated carbocycles. The van der Waals surface area contributed by atoms with E-state index >= 15 is 0 Å². The zero-order valence-corrected chi connectivity index (χ0v) is 18.8. The third-order valence-electron chi connectivity index (χ3n) is 5.18. The SMILES string of the molecule is CC1=NN(c2ccc(C#N)cc2)C(=O)/C1=C\c1ccccc1OCC(=O)Nc1cccc(C)c1. The highest BCUT2D eigenvalue weighted by Gasteiger charge is 2.29. The van der Waals surface area contributed by atoms with Gasteiger partial charge in [0.1, 0.15) is 5.75 Å². The van der Waals surface area contributed by atoms with E-state index in [2.05, 4.69) is 16.5 Å². The average Bonchev–Trinajstić information content (AvgIpc) is 3.12. The summed E-state index contributed by atoms with van der Waals surface area (Å²) in [4.78, 5) is 25.4. The third-order valence-corrected chi connectivity index (χ3v) is 5.18. The van der Waals surface area contributed by atoms with Crippen molar-refractivity contribution >= 4 is 35.0 Å². The second-order valence-electron chi connectivity index (χ2n) is 7.76. The van der Waals surface area contributed by atoms with Crippen LogP contribution in [-0.2, 0) is 9.59 Å². The van der Waals surface area contributed by atoms with Crippen molar-refractivity contribution in [1.82, 2.24) is 0 Å². The molecular weight excluding hydrogens is 428 g/mol. The average molecular weight is 450 g/mol. The van der Waals surface area contributed by atoms with Crippen molar-refractivity contribution in [2.24, 2.45) is 5.10 Å². The van der Waals surface area contributed by atoms with Crippen LogP contribution < -0.4 is 15.1 Å². The molecular formula is C27H22N4O3. The molecule has 1 heterocycles. The first kappa shape index (κ1) is 22.5. The molecule has 1 N–H and O–H groups in total. The first-order valence-corrected chi connectivity index (χ1v) is 10.6. The number of nitriles is 1. The van der Waals surface area contributed by atoms with Gasteiger partial charge in [0, 0.05) is 11.3 Å². The summed E-state index contributed by atoms with van der Waals surface area (Å²) in [7, 11) is 0. The molecule has 7 heteroatoms. The highest BCUT2D eigenvalue weighted by atomic mass is 16.5. The Morgan fingerprint density at radius 1 is 1.09 bits per heavy atom. The molecule has 0 spiro atoms. The van der Waals surface area contributed by atoms with Crippen molar-refractivity contribution in [3.8, 4) is 11.8 Å². The van der Waals surface area contributed by atoms with E-state index in [1.165, 1.54) is 5.01 Å². The Hall–Kier alpha value is -4.70. The van der Waals surface area contributed by atoms with Crippen LogP contribution in [0.15, 0.2) is 83.5 Å². The van der Waals surface area contributed by atoms with Gasteiger partial charge < -0.3 is 10.1 Å². The number of benzene rings is 3. The summed E-state index contributed by atoms with van der Waals surface area (Å²) in [5.74, 6) is -0.0873. The number of aryl methyl sites for hydroxylation is 1. The summed E-state index contributed by atoms with van der Waals surface area (Å²) in [6, 6.07) is 23.4. The third kappa shape index (κ3) is 5.03. The van der Waals surface area contributed by atoms with E-state index in [9.17, 15) is 9.59 Å². The minimum atomic E-state index is -0.283. The molecule has 0 saturated heterocycles. The molecule has 0 aliphatic carbocycles. The maximum absolute atomic E-state index is 13.1. The van der Waals surface area contributed by atoms with Gasteiger partial charge in [0.25, 0.3) is 11.8 Å². The molecule has 1 aliphatic heterocycles. The van der Waals surface area contributed by atoms with Gasteiger partial charge >= 0.3 is 0 Å². The van der Waals surface area contributed by atoms with Gasteiger partial charge in [0.15, 0.2) is 6.61 Å². The van der Waals surface area contributed by atoms with Crippen LogP contribution in [0.1, 0.15) is 23.6 Å². The molecule has 0 fully saturated rings. The summed E-state index contributed by atoms with van der Waals surface area (Å²) in [6.45, 7) is 3.53. The lowest BCUT2D eigenvalue weighted by atomic mass is 10.1. The Morgan fingerprint density at radius 3 is 2.59 bits per heavy atom. The number of hydrogen-bond donors (Lipinski definition) is 1. The number of rotatable bonds is 6. The predicted octanol–water partition coefficient (Wildman–Crippen LogP) is 4.69. The van der Waals surface area contributed by atoms with E-state index in [0.717, 1.165) is 5.56 Å². The normalized spacial score (nSPS) is 14.0. The first-order chi connectivity index (χ1) is 16.4. The van der Waals surface area contributed by atoms with E-state index in [-0.39, 0.29) is 18.4 Å². The molecule has 1 aliphatic rings. The first-order valence-electron chi connectivity index (χ1n) is 10.6. The van der Waals surface area contributed by atoms with E-state index in [4.69, 9.17) is 10.00 Å². The molecule has 4 rings (SSSR count). The zero-order valence-electron chi connectivity index (χ0n) is 18.8. The fourth-order valence-corrected chi connectivity index (χ4v) is 3.49. The largest absolute Gasteiger partial charge is 0.483 e. The number of carbonyl (C=O) groups is 2. The Kier molecular flexibility index (Phi) is 6.51. The Morgan fingerprint density at radius 2 is 1.85 bits per heavy atom. The Balaban J connectivity index is 1.49. The van der Waals surface area contributed by atoms with E-state index in [1.54, 1.807) is 49.4 Å². The quantitative estimate of drug-likeness (QED) is 0.551. The number of nitrogens with zero attached hydrogens (tertiary/aromatic N) is 3. The summed E-state index contributed by atoms with van der Waals surface area (Å²) in [6.07, 6.45) is 1.71. The van der Waals surface area contributed by atoms with Crippen molar-refractivity contribution in [3.05, 3.63) is 95.1 Å². The maximum atomic E-state index is 13.1. The van der Waals surface area contributed by atoms with E-state index in [1.807, 2.05) is 43.3 Å². The Labute approximate surface area is 197 Å². The second kappa shape index (κ2) is 9.84. The van der Waals surface area contributed by atoms with Crippen LogP contribution in [0, 0.1) is 18.3 Å². The number of hydrazone groups is 1. The van der Waals surface area contributed by atoms with Crippen LogP contribution in [-0.4, -0.2) is 24.1 Å². The summed E-state index contributed by atoms with van der Waals surface area (Å²) < 4.78 is 5.77. The number of carbonyl (C=O) groups excluding carboxylic acids is 2. The van der Waals surface area contributed by atoms with Crippen LogP contribution >= 0.6 is 0 Å². The maximum Gasteiger partial charge on any atom is 0.280 e. The number of anilines is 2. The highest BCUT2D eigenvalue weighted by molar-refractivity contribution is 6.32. The molecule has 3 aromatic rings. The fraction of sp³-hybridized carbons (Fsp3) is 0.111. The van der Waals surface area contributed by atoms with Gasteiger partial charge in [-0.25, -0.2) is 0 Å². The van der Waals surface area contributed by atoms with Crippen molar-refractivity contribution in [1.29, 1.82) is 5.26 Å². The van der Waals surface area contributed by atoms with Crippen LogP contribution in [0.25, 0.3) is 6.08 Å². The van der Waals surface area contributed by atoms with Gasteiger partial charge in [0.05, 0.1) is 28.6 Å². The molecule has 0 aromatic heterocycles. The number of hydrogen-bond acceptors (Lipinski definition) is 5. The van der Waals surface area contributed by atoms with E-state index in [0.29, 0.717) is 39.5 Å². The van der Waals surface area contributed by atoms with Crippen molar-refractivity contribution in [2.45, 2.75) is 13.8 Å².